The highest BCUT2D eigenvalue weighted by atomic mass is 35.5. The van der Waals surface area contributed by atoms with Crippen molar-refractivity contribution in [2.45, 2.75) is 27.2 Å². The van der Waals surface area contributed by atoms with Crippen molar-refractivity contribution in [2.24, 2.45) is 5.92 Å². The number of amides is 1. The molecule has 1 N–H and O–H groups in total. The molecule has 0 radical (unpaired) electrons. The Hall–Kier alpha value is -2.28. The van der Waals surface area contributed by atoms with Crippen LogP contribution < -0.4 is 5.32 Å². The van der Waals surface area contributed by atoms with Gasteiger partial charge in [-0.1, -0.05) is 11.6 Å². The Morgan fingerprint density at radius 2 is 1.56 bits per heavy atom. The summed E-state index contributed by atoms with van der Waals surface area (Å²) in [7, 11) is 0. The normalized spacial score (nSPS) is 10.3. The van der Waals surface area contributed by atoms with Crippen LogP contribution in [0.15, 0.2) is 18.2 Å². The quantitative estimate of drug-likeness (QED) is 0.428. The van der Waals surface area contributed by atoms with Gasteiger partial charge in [-0.05, 0) is 51.0 Å². The lowest BCUT2D eigenvalue weighted by molar-refractivity contribution is -0.161. The van der Waals surface area contributed by atoms with Gasteiger partial charge in [-0.15, -0.1) is 0 Å². The lowest BCUT2D eigenvalue weighted by Crippen LogP contribution is -2.30. The monoisotopic (exact) mass is 371 g/mol. The summed E-state index contributed by atoms with van der Waals surface area (Å²) in [5, 5.41) is 2.96. The summed E-state index contributed by atoms with van der Waals surface area (Å²) in [6.07, 6.45) is -0.671. The van der Waals surface area contributed by atoms with Gasteiger partial charge in [0.1, 0.15) is 0 Å². The number of halogens is 1. The van der Waals surface area contributed by atoms with Crippen LogP contribution in [0.25, 0.3) is 0 Å². The number of benzene rings is 1. The Balaban J connectivity index is 3.09. The molecule has 1 amide bonds. The minimum atomic E-state index is -1.15. The molecule has 0 spiro atoms. The van der Waals surface area contributed by atoms with Crippen molar-refractivity contribution in [1.82, 2.24) is 0 Å². The third kappa shape index (κ3) is 6.62. The van der Waals surface area contributed by atoms with E-state index < -0.39 is 23.9 Å². The van der Waals surface area contributed by atoms with E-state index in [9.17, 15) is 14.4 Å². The van der Waals surface area contributed by atoms with Crippen LogP contribution in [-0.2, 0) is 30.2 Å². The first-order chi connectivity index (χ1) is 11.9. The molecule has 0 fully saturated rings. The fraction of sp³-hybridized carbons (Fsp3) is 0.471. The lowest BCUT2D eigenvalue weighted by Gasteiger charge is -2.17. The van der Waals surface area contributed by atoms with Crippen LogP contribution in [0.2, 0.25) is 5.02 Å². The van der Waals surface area contributed by atoms with Crippen LogP contribution in [0.5, 0.6) is 0 Å². The van der Waals surface area contributed by atoms with Crippen molar-refractivity contribution < 1.29 is 28.6 Å². The standard InChI is InChI=1S/C17H22ClNO6/c1-4-23-15(20)13(16(21)24-5-2)10-11-9-12(18)7-8-14(11)19-17(22)25-6-3/h7-9,13H,4-6,10H2,1-3H3,(H,19,22). The molecule has 0 aliphatic rings. The smallest absolute Gasteiger partial charge is 0.411 e. The van der Waals surface area contributed by atoms with Gasteiger partial charge in [-0.3, -0.25) is 14.9 Å². The van der Waals surface area contributed by atoms with Crippen LogP contribution in [0.1, 0.15) is 26.3 Å². The fourth-order valence-corrected chi connectivity index (χ4v) is 2.29. The van der Waals surface area contributed by atoms with Crippen molar-refractivity contribution in [1.29, 1.82) is 0 Å². The zero-order chi connectivity index (χ0) is 18.8. The zero-order valence-electron chi connectivity index (χ0n) is 14.5. The molecule has 0 heterocycles. The molecule has 0 bridgehead atoms. The SMILES string of the molecule is CCOC(=O)Nc1ccc(Cl)cc1CC(C(=O)OCC)C(=O)OCC. The van der Waals surface area contributed by atoms with Crippen molar-refractivity contribution in [3.05, 3.63) is 28.8 Å². The molecule has 0 atom stereocenters. The lowest BCUT2D eigenvalue weighted by atomic mass is 9.98. The van der Waals surface area contributed by atoms with Crippen molar-refractivity contribution in [2.75, 3.05) is 25.1 Å². The van der Waals surface area contributed by atoms with Gasteiger partial charge in [-0.25, -0.2) is 4.79 Å². The molecule has 0 aliphatic carbocycles. The maximum absolute atomic E-state index is 12.1. The van der Waals surface area contributed by atoms with E-state index in [0.717, 1.165) is 0 Å². The summed E-state index contributed by atoms with van der Waals surface area (Å²) in [5.74, 6) is -2.54. The number of rotatable bonds is 8. The van der Waals surface area contributed by atoms with E-state index in [2.05, 4.69) is 5.32 Å². The number of nitrogens with one attached hydrogen (secondary N) is 1. The molecule has 7 nitrogen and oxygen atoms in total. The molecule has 0 aromatic heterocycles. The number of carbonyl (C=O) groups excluding carboxylic acids is 3. The molecule has 0 unspecified atom stereocenters. The maximum atomic E-state index is 12.1. The molecule has 1 aromatic carbocycles. The van der Waals surface area contributed by atoms with E-state index in [1.54, 1.807) is 39.0 Å². The van der Waals surface area contributed by atoms with E-state index in [1.165, 1.54) is 0 Å². The van der Waals surface area contributed by atoms with Gasteiger partial charge in [0, 0.05) is 10.7 Å². The van der Waals surface area contributed by atoms with Gasteiger partial charge >= 0.3 is 18.0 Å². The van der Waals surface area contributed by atoms with Crippen LogP contribution in [0.3, 0.4) is 0 Å². The average molecular weight is 372 g/mol. The average Bonchev–Trinajstić information content (AvgIpc) is 2.55. The third-order valence-electron chi connectivity index (χ3n) is 3.15. The Labute approximate surface area is 151 Å². The minimum absolute atomic E-state index is 0.0278. The molecule has 138 valence electrons. The summed E-state index contributed by atoms with van der Waals surface area (Å²) >= 11 is 6.00. The number of hydrogen-bond donors (Lipinski definition) is 1. The molecular weight excluding hydrogens is 350 g/mol. The van der Waals surface area contributed by atoms with E-state index in [-0.39, 0.29) is 26.2 Å². The van der Waals surface area contributed by atoms with E-state index >= 15 is 0 Å². The molecule has 8 heteroatoms. The van der Waals surface area contributed by atoms with Crippen LogP contribution in [-0.4, -0.2) is 37.9 Å². The van der Waals surface area contributed by atoms with Crippen LogP contribution in [0, 0.1) is 5.92 Å². The molecule has 1 aromatic rings. The van der Waals surface area contributed by atoms with Crippen molar-refractivity contribution >= 4 is 35.3 Å². The second-order valence-electron chi connectivity index (χ2n) is 4.91. The first-order valence-electron chi connectivity index (χ1n) is 7.98. The van der Waals surface area contributed by atoms with Gasteiger partial charge < -0.3 is 14.2 Å². The zero-order valence-corrected chi connectivity index (χ0v) is 15.2. The van der Waals surface area contributed by atoms with Gasteiger partial charge in [0.05, 0.1) is 19.8 Å². The molecule has 25 heavy (non-hydrogen) atoms. The van der Waals surface area contributed by atoms with Crippen LogP contribution >= 0.6 is 11.6 Å². The minimum Gasteiger partial charge on any atom is -0.465 e. The van der Waals surface area contributed by atoms with Gasteiger partial charge in [0.15, 0.2) is 5.92 Å². The predicted octanol–water partition coefficient (Wildman–Crippen LogP) is 3.19. The number of anilines is 1. The Morgan fingerprint density at radius 1 is 1.00 bits per heavy atom. The topological polar surface area (TPSA) is 90.9 Å². The number of carbonyl (C=O) groups is 3. The van der Waals surface area contributed by atoms with Crippen molar-refractivity contribution in [3.63, 3.8) is 0 Å². The fourth-order valence-electron chi connectivity index (χ4n) is 2.10. The van der Waals surface area contributed by atoms with E-state index in [4.69, 9.17) is 25.8 Å². The van der Waals surface area contributed by atoms with Gasteiger partial charge in [0.2, 0.25) is 0 Å². The van der Waals surface area contributed by atoms with Crippen molar-refractivity contribution in [3.8, 4) is 0 Å². The van der Waals surface area contributed by atoms with Gasteiger partial charge in [-0.2, -0.15) is 0 Å². The summed E-state index contributed by atoms with van der Waals surface area (Å²) in [6.45, 7) is 5.46. The number of hydrogen-bond acceptors (Lipinski definition) is 6. The van der Waals surface area contributed by atoms with E-state index in [0.29, 0.717) is 16.3 Å². The summed E-state index contributed by atoms with van der Waals surface area (Å²) in [5.41, 5.74) is 0.883. The highest BCUT2D eigenvalue weighted by molar-refractivity contribution is 6.30. The predicted molar refractivity (Wildman–Crippen MR) is 92.6 cm³/mol. The third-order valence-corrected chi connectivity index (χ3v) is 3.38. The molecule has 1 rings (SSSR count). The molecule has 0 saturated carbocycles. The first kappa shape index (κ1) is 20.8. The molecule has 0 aliphatic heterocycles. The van der Waals surface area contributed by atoms with E-state index in [1.807, 2.05) is 0 Å². The summed E-state index contributed by atoms with van der Waals surface area (Å²) < 4.78 is 14.7. The summed E-state index contributed by atoms with van der Waals surface area (Å²) in [6, 6.07) is 4.72. The number of ether oxygens (including phenoxy) is 3. The summed E-state index contributed by atoms with van der Waals surface area (Å²) in [4.78, 5) is 35.9. The maximum Gasteiger partial charge on any atom is 0.411 e. The van der Waals surface area contributed by atoms with Gasteiger partial charge in [0.25, 0.3) is 0 Å². The first-order valence-corrected chi connectivity index (χ1v) is 8.36. The van der Waals surface area contributed by atoms with Crippen LogP contribution in [0.4, 0.5) is 10.5 Å². The highest BCUT2D eigenvalue weighted by Gasteiger charge is 2.30. The number of esters is 2. The molecule has 0 saturated heterocycles. The Morgan fingerprint density at radius 3 is 2.08 bits per heavy atom. The highest BCUT2D eigenvalue weighted by Crippen LogP contribution is 2.25. The Bertz CT molecular complexity index is 601. The second kappa shape index (κ2) is 10.6. The largest absolute Gasteiger partial charge is 0.465 e. The second-order valence-corrected chi connectivity index (χ2v) is 5.34. The molecular formula is C17H22ClNO6. The Kier molecular flexibility index (Phi) is 8.77.